The van der Waals surface area contributed by atoms with E-state index in [0.29, 0.717) is 4.90 Å². The largest absolute Gasteiger partial charge is 0.243 e. The molecule has 0 atom stereocenters. The van der Waals surface area contributed by atoms with Crippen LogP contribution in [-0.4, -0.2) is 25.8 Å². The average Bonchev–Trinajstić information content (AvgIpc) is 3.32. The van der Waals surface area contributed by atoms with Crippen molar-refractivity contribution < 1.29 is 8.42 Å². The third-order valence-electron chi connectivity index (χ3n) is 3.70. The molecule has 1 aliphatic carbocycles. The Morgan fingerprint density at radius 1 is 0.900 bits per heavy atom. The second-order valence-corrected chi connectivity index (χ2v) is 7.14. The molecule has 0 radical (unpaired) electrons. The van der Waals surface area contributed by atoms with E-state index in [4.69, 9.17) is 0 Å². The predicted molar refractivity (Wildman–Crippen MR) is 79.8 cm³/mol. The molecule has 0 amide bonds. The minimum atomic E-state index is -3.34. The summed E-state index contributed by atoms with van der Waals surface area (Å²) in [5.74, 6) is 0. The van der Waals surface area contributed by atoms with Crippen LogP contribution in [0.2, 0.25) is 0 Å². The third-order valence-corrected chi connectivity index (χ3v) is 5.62. The van der Waals surface area contributed by atoms with Gasteiger partial charge in [0.05, 0.1) is 4.90 Å². The molecule has 1 saturated carbocycles. The topological polar surface area (TPSA) is 37.4 Å². The molecule has 4 heteroatoms. The Bertz CT molecular complexity index is 689. The summed E-state index contributed by atoms with van der Waals surface area (Å²) in [5.41, 5.74) is 2.12. The highest BCUT2D eigenvalue weighted by Crippen LogP contribution is 2.31. The van der Waals surface area contributed by atoms with Gasteiger partial charge in [0, 0.05) is 13.1 Å². The monoisotopic (exact) mass is 287 g/mol. The van der Waals surface area contributed by atoms with Crippen LogP contribution in [0.5, 0.6) is 0 Å². The van der Waals surface area contributed by atoms with Gasteiger partial charge in [-0.05, 0) is 36.1 Å². The van der Waals surface area contributed by atoms with Gasteiger partial charge >= 0.3 is 0 Å². The second-order valence-electron chi connectivity index (χ2n) is 5.14. The molecule has 0 bridgehead atoms. The Labute approximate surface area is 119 Å². The van der Waals surface area contributed by atoms with E-state index in [1.54, 1.807) is 19.2 Å². The van der Waals surface area contributed by atoms with Crippen LogP contribution in [0, 0.1) is 0 Å². The van der Waals surface area contributed by atoms with E-state index in [-0.39, 0.29) is 6.04 Å². The van der Waals surface area contributed by atoms with Gasteiger partial charge < -0.3 is 0 Å². The molecule has 0 saturated heterocycles. The van der Waals surface area contributed by atoms with E-state index in [1.165, 1.54) is 4.31 Å². The van der Waals surface area contributed by atoms with Crippen LogP contribution in [0.1, 0.15) is 12.8 Å². The zero-order valence-electron chi connectivity index (χ0n) is 11.4. The molecule has 3 rings (SSSR count). The maximum absolute atomic E-state index is 12.4. The summed E-state index contributed by atoms with van der Waals surface area (Å²) in [4.78, 5) is 0.367. The van der Waals surface area contributed by atoms with Crippen LogP contribution < -0.4 is 0 Å². The molecule has 1 fully saturated rings. The molecule has 104 valence electrons. The van der Waals surface area contributed by atoms with Crippen molar-refractivity contribution in [2.45, 2.75) is 23.8 Å². The summed E-state index contributed by atoms with van der Waals surface area (Å²) in [5, 5.41) is 0. The van der Waals surface area contributed by atoms with Gasteiger partial charge in [0.25, 0.3) is 0 Å². The fourth-order valence-electron chi connectivity index (χ4n) is 2.25. The zero-order valence-corrected chi connectivity index (χ0v) is 12.2. The molecule has 2 aromatic carbocycles. The predicted octanol–water partition coefficient (Wildman–Crippen LogP) is 3.14. The van der Waals surface area contributed by atoms with Crippen molar-refractivity contribution in [1.29, 1.82) is 0 Å². The second kappa shape index (κ2) is 5.04. The number of sulfonamides is 1. The highest BCUT2D eigenvalue weighted by molar-refractivity contribution is 7.89. The summed E-state index contributed by atoms with van der Waals surface area (Å²) >= 11 is 0. The van der Waals surface area contributed by atoms with Crippen molar-refractivity contribution >= 4 is 10.0 Å². The standard InChI is InChI=1S/C16H17NO2S/c1-17(15-9-10-15)20(18,19)16-11-7-14(8-12-16)13-5-3-2-4-6-13/h2-8,11-12,15H,9-10H2,1H3. The van der Waals surface area contributed by atoms with Gasteiger partial charge in [-0.15, -0.1) is 0 Å². The van der Waals surface area contributed by atoms with E-state index >= 15 is 0 Å². The van der Waals surface area contributed by atoms with Crippen molar-refractivity contribution in [1.82, 2.24) is 4.31 Å². The van der Waals surface area contributed by atoms with Crippen LogP contribution in [0.3, 0.4) is 0 Å². The molecule has 1 aliphatic rings. The summed E-state index contributed by atoms with van der Waals surface area (Å²) in [6.45, 7) is 0. The fourth-order valence-corrected chi connectivity index (χ4v) is 3.67. The number of hydrogen-bond donors (Lipinski definition) is 0. The van der Waals surface area contributed by atoms with Gasteiger partial charge in [-0.3, -0.25) is 0 Å². The van der Waals surface area contributed by atoms with E-state index < -0.39 is 10.0 Å². The van der Waals surface area contributed by atoms with Crippen LogP contribution in [0.15, 0.2) is 59.5 Å². The third kappa shape index (κ3) is 2.49. The molecule has 0 aliphatic heterocycles. The van der Waals surface area contributed by atoms with Crippen LogP contribution in [0.25, 0.3) is 11.1 Å². The molecule has 0 heterocycles. The lowest BCUT2D eigenvalue weighted by atomic mass is 10.1. The lowest BCUT2D eigenvalue weighted by molar-refractivity contribution is 0.464. The highest BCUT2D eigenvalue weighted by atomic mass is 32.2. The number of nitrogens with zero attached hydrogens (tertiary/aromatic N) is 1. The SMILES string of the molecule is CN(C1CC1)S(=O)(=O)c1ccc(-c2ccccc2)cc1. The van der Waals surface area contributed by atoms with Crippen LogP contribution >= 0.6 is 0 Å². The first-order chi connectivity index (χ1) is 9.59. The van der Waals surface area contributed by atoms with Gasteiger partial charge in [0.15, 0.2) is 0 Å². The van der Waals surface area contributed by atoms with Crippen molar-refractivity contribution in [3.8, 4) is 11.1 Å². The van der Waals surface area contributed by atoms with Gasteiger partial charge in [-0.2, -0.15) is 4.31 Å². The van der Waals surface area contributed by atoms with E-state index in [0.717, 1.165) is 24.0 Å². The molecule has 2 aromatic rings. The minimum Gasteiger partial charge on any atom is -0.207 e. The van der Waals surface area contributed by atoms with E-state index in [2.05, 4.69) is 0 Å². The first-order valence-electron chi connectivity index (χ1n) is 6.72. The molecular formula is C16H17NO2S. The van der Waals surface area contributed by atoms with Crippen molar-refractivity contribution in [2.24, 2.45) is 0 Å². The van der Waals surface area contributed by atoms with Crippen molar-refractivity contribution in [3.63, 3.8) is 0 Å². The highest BCUT2D eigenvalue weighted by Gasteiger charge is 2.34. The van der Waals surface area contributed by atoms with E-state index in [1.807, 2.05) is 42.5 Å². The van der Waals surface area contributed by atoms with Crippen LogP contribution in [-0.2, 0) is 10.0 Å². The summed E-state index contributed by atoms with van der Waals surface area (Å²) < 4.78 is 26.3. The quantitative estimate of drug-likeness (QED) is 0.866. The minimum absolute atomic E-state index is 0.189. The lowest BCUT2D eigenvalue weighted by Crippen LogP contribution is -2.28. The van der Waals surface area contributed by atoms with Crippen molar-refractivity contribution in [2.75, 3.05) is 7.05 Å². The van der Waals surface area contributed by atoms with Gasteiger partial charge in [-0.1, -0.05) is 42.5 Å². The number of rotatable bonds is 4. The van der Waals surface area contributed by atoms with Gasteiger partial charge in [0.1, 0.15) is 0 Å². The van der Waals surface area contributed by atoms with Crippen molar-refractivity contribution in [3.05, 3.63) is 54.6 Å². The normalized spacial score (nSPS) is 15.5. The Morgan fingerprint density at radius 3 is 2.00 bits per heavy atom. The Hall–Kier alpha value is -1.65. The molecule has 0 spiro atoms. The molecule has 20 heavy (non-hydrogen) atoms. The first kappa shape index (κ1) is 13.3. The fraction of sp³-hybridized carbons (Fsp3) is 0.250. The molecule has 3 nitrogen and oxygen atoms in total. The van der Waals surface area contributed by atoms with Crippen LogP contribution in [0.4, 0.5) is 0 Å². The molecule has 0 N–H and O–H groups in total. The maximum atomic E-state index is 12.4. The summed E-state index contributed by atoms with van der Waals surface area (Å²) in [7, 11) is -1.68. The first-order valence-corrected chi connectivity index (χ1v) is 8.16. The lowest BCUT2D eigenvalue weighted by Gasteiger charge is -2.16. The average molecular weight is 287 g/mol. The van der Waals surface area contributed by atoms with Gasteiger partial charge in [0.2, 0.25) is 10.0 Å². The Kier molecular flexibility index (Phi) is 3.36. The van der Waals surface area contributed by atoms with Gasteiger partial charge in [-0.25, -0.2) is 8.42 Å². The summed E-state index contributed by atoms with van der Waals surface area (Å²) in [6, 6.07) is 17.2. The Balaban J connectivity index is 1.90. The number of hydrogen-bond acceptors (Lipinski definition) is 2. The molecule has 0 unspecified atom stereocenters. The molecule has 0 aromatic heterocycles. The number of benzene rings is 2. The molecular weight excluding hydrogens is 270 g/mol. The zero-order chi connectivity index (χ0) is 14.2. The Morgan fingerprint density at radius 2 is 1.45 bits per heavy atom. The summed E-state index contributed by atoms with van der Waals surface area (Å²) in [6.07, 6.45) is 1.94. The maximum Gasteiger partial charge on any atom is 0.243 e. The van der Waals surface area contributed by atoms with E-state index in [9.17, 15) is 8.42 Å². The smallest absolute Gasteiger partial charge is 0.207 e.